The average molecular weight is 531 g/mol. The Morgan fingerprint density at radius 2 is 1.68 bits per heavy atom. The predicted molar refractivity (Wildman–Crippen MR) is 144 cm³/mol. The number of carbonyl (C=O) groups is 1. The fourth-order valence-electron chi connectivity index (χ4n) is 4.40. The number of carbonyl (C=O) groups excluding carboxylic acids is 1. The van der Waals surface area contributed by atoms with Gasteiger partial charge in [0.15, 0.2) is 11.4 Å². The molecule has 0 spiro atoms. The van der Waals surface area contributed by atoms with Crippen LogP contribution in [0.1, 0.15) is 51.9 Å². The summed E-state index contributed by atoms with van der Waals surface area (Å²) in [5.74, 6) is 0.657. The second-order valence-electron chi connectivity index (χ2n) is 9.21. The van der Waals surface area contributed by atoms with Crippen molar-refractivity contribution in [2.45, 2.75) is 43.7 Å². The van der Waals surface area contributed by atoms with Gasteiger partial charge in [0.05, 0.1) is 18.8 Å². The number of aliphatic hydroxyl groups is 1. The summed E-state index contributed by atoms with van der Waals surface area (Å²) in [5.41, 5.74) is 4.42. The molecule has 0 aliphatic carbocycles. The van der Waals surface area contributed by atoms with Gasteiger partial charge in [-0.1, -0.05) is 85.4 Å². The second kappa shape index (κ2) is 12.4. The van der Waals surface area contributed by atoms with Gasteiger partial charge in [0.25, 0.3) is 5.91 Å². The fourth-order valence-corrected chi connectivity index (χ4v) is 5.34. The van der Waals surface area contributed by atoms with Crippen LogP contribution in [0.5, 0.6) is 0 Å². The topological polar surface area (TPSA) is 109 Å². The molecule has 5 rings (SSSR count). The minimum Gasteiger partial charge on any atom is -0.392 e. The molecule has 0 bridgehead atoms. The highest BCUT2D eigenvalue weighted by molar-refractivity contribution is 7.99. The molecule has 4 atom stereocenters. The zero-order valence-corrected chi connectivity index (χ0v) is 21.8. The van der Waals surface area contributed by atoms with Crippen LogP contribution < -0.4 is 5.32 Å². The summed E-state index contributed by atoms with van der Waals surface area (Å²) in [6, 6.07) is 25.0. The number of thioether (sulfide) groups is 1. The van der Waals surface area contributed by atoms with Crippen molar-refractivity contribution >= 4 is 17.7 Å². The number of benzene rings is 3. The molecule has 196 valence electrons. The molecule has 0 unspecified atom stereocenters. The molecule has 1 fully saturated rings. The monoisotopic (exact) mass is 530 g/mol. The smallest absolute Gasteiger partial charge is 0.251 e. The van der Waals surface area contributed by atoms with Gasteiger partial charge in [-0.15, -0.1) is 0 Å². The van der Waals surface area contributed by atoms with Crippen LogP contribution in [0.2, 0.25) is 0 Å². The third kappa shape index (κ3) is 6.31. The Labute approximate surface area is 225 Å². The van der Waals surface area contributed by atoms with Crippen molar-refractivity contribution in [1.29, 1.82) is 0 Å². The van der Waals surface area contributed by atoms with Gasteiger partial charge in [-0.3, -0.25) is 9.89 Å². The lowest BCUT2D eigenvalue weighted by Crippen LogP contribution is -2.38. The Kier molecular flexibility index (Phi) is 8.50. The standard InChI is InChI=1S/C29H30N4O4S/c1-19-25(17-38-29-31-18-32-33-29)36-28(37-26(19)22-11-9-21(16-34)10-12-22)24-13-7-20(8-14-24)15-30-27(35)23-5-3-2-4-6-23/h2-14,18-19,25-26,28,34H,15-17H2,1H3,(H,30,35)(H,31,32,33)/t19-,25+,26+,28+/m1/s1. The minimum atomic E-state index is -0.554. The Morgan fingerprint density at radius 3 is 2.37 bits per heavy atom. The van der Waals surface area contributed by atoms with E-state index in [0.717, 1.165) is 27.4 Å². The van der Waals surface area contributed by atoms with E-state index in [0.29, 0.717) is 17.9 Å². The molecule has 0 radical (unpaired) electrons. The van der Waals surface area contributed by atoms with Gasteiger partial charge in [0, 0.05) is 29.3 Å². The number of aromatic nitrogens is 3. The maximum absolute atomic E-state index is 12.4. The average Bonchev–Trinajstić information content (AvgIpc) is 3.50. The number of rotatable bonds is 9. The first-order chi connectivity index (χ1) is 18.6. The van der Waals surface area contributed by atoms with E-state index in [4.69, 9.17) is 9.47 Å². The number of hydrogen-bond donors (Lipinski definition) is 3. The molecule has 38 heavy (non-hydrogen) atoms. The highest BCUT2D eigenvalue weighted by atomic mass is 32.2. The molecule has 3 N–H and O–H groups in total. The molecule has 1 aliphatic heterocycles. The highest BCUT2D eigenvalue weighted by Gasteiger charge is 2.38. The lowest BCUT2D eigenvalue weighted by molar-refractivity contribution is -0.268. The lowest BCUT2D eigenvalue weighted by atomic mass is 9.91. The molecular weight excluding hydrogens is 500 g/mol. The number of ether oxygens (including phenoxy) is 2. The Bertz CT molecular complexity index is 1300. The van der Waals surface area contributed by atoms with Crippen molar-refractivity contribution in [2.75, 3.05) is 5.75 Å². The molecule has 1 aromatic heterocycles. The number of nitrogens with zero attached hydrogens (tertiary/aromatic N) is 2. The molecular formula is C29H30N4O4S. The van der Waals surface area contributed by atoms with E-state index >= 15 is 0 Å². The van der Waals surface area contributed by atoms with Gasteiger partial charge >= 0.3 is 0 Å². The quantitative estimate of drug-likeness (QED) is 0.267. The molecule has 0 saturated carbocycles. The Morgan fingerprint density at radius 1 is 0.974 bits per heavy atom. The van der Waals surface area contributed by atoms with Crippen molar-refractivity contribution < 1.29 is 19.4 Å². The molecule has 1 saturated heterocycles. The van der Waals surface area contributed by atoms with Crippen LogP contribution in [0.4, 0.5) is 0 Å². The van der Waals surface area contributed by atoms with E-state index in [2.05, 4.69) is 27.4 Å². The summed E-state index contributed by atoms with van der Waals surface area (Å²) in [7, 11) is 0. The van der Waals surface area contributed by atoms with Crippen LogP contribution in [0.25, 0.3) is 0 Å². The minimum absolute atomic E-state index is 0.00168. The maximum Gasteiger partial charge on any atom is 0.251 e. The van der Waals surface area contributed by atoms with E-state index in [9.17, 15) is 9.90 Å². The van der Waals surface area contributed by atoms with Crippen LogP contribution in [-0.4, -0.2) is 38.1 Å². The van der Waals surface area contributed by atoms with Crippen LogP contribution in [0.3, 0.4) is 0 Å². The first kappa shape index (κ1) is 26.1. The maximum atomic E-state index is 12.4. The molecule has 1 aliphatic rings. The molecule has 2 heterocycles. The number of aliphatic hydroxyl groups excluding tert-OH is 1. The van der Waals surface area contributed by atoms with Crippen molar-refractivity contribution in [3.63, 3.8) is 0 Å². The van der Waals surface area contributed by atoms with Gasteiger partial charge in [-0.2, -0.15) is 5.10 Å². The van der Waals surface area contributed by atoms with Gasteiger partial charge in [0.2, 0.25) is 0 Å². The first-order valence-corrected chi connectivity index (χ1v) is 13.5. The Hall–Kier alpha value is -3.50. The third-order valence-electron chi connectivity index (χ3n) is 6.64. The van der Waals surface area contributed by atoms with Crippen molar-refractivity contribution in [3.8, 4) is 0 Å². The summed E-state index contributed by atoms with van der Waals surface area (Å²) in [6.45, 7) is 2.56. The van der Waals surface area contributed by atoms with Gasteiger partial charge in [0.1, 0.15) is 6.33 Å². The van der Waals surface area contributed by atoms with Crippen molar-refractivity contribution in [2.24, 2.45) is 5.92 Å². The zero-order chi connectivity index (χ0) is 26.3. The lowest BCUT2D eigenvalue weighted by Gasteiger charge is -2.41. The molecule has 9 heteroatoms. The van der Waals surface area contributed by atoms with E-state index < -0.39 is 6.29 Å². The summed E-state index contributed by atoms with van der Waals surface area (Å²) >= 11 is 1.56. The first-order valence-electron chi connectivity index (χ1n) is 12.5. The van der Waals surface area contributed by atoms with Crippen LogP contribution in [-0.2, 0) is 22.6 Å². The molecule has 4 aromatic rings. The highest BCUT2D eigenvalue weighted by Crippen LogP contribution is 2.42. The zero-order valence-electron chi connectivity index (χ0n) is 21.0. The van der Waals surface area contributed by atoms with Crippen LogP contribution in [0, 0.1) is 5.92 Å². The predicted octanol–water partition coefficient (Wildman–Crippen LogP) is 4.81. The van der Waals surface area contributed by atoms with Gasteiger partial charge < -0.3 is 19.9 Å². The summed E-state index contributed by atoms with van der Waals surface area (Å²) in [6.07, 6.45) is 0.652. The van der Waals surface area contributed by atoms with Crippen molar-refractivity contribution in [1.82, 2.24) is 20.5 Å². The number of H-pyrrole nitrogens is 1. The number of aromatic amines is 1. The normalized spacial score (nSPS) is 21.2. The SMILES string of the molecule is C[C@@H]1[C@H](CSc2ncn[nH]2)O[C@H](c2ccc(CNC(=O)c3ccccc3)cc2)O[C@@H]1c1ccc(CO)cc1. The van der Waals surface area contributed by atoms with E-state index in [1.165, 1.54) is 6.33 Å². The Balaban J connectivity index is 1.29. The van der Waals surface area contributed by atoms with Crippen LogP contribution >= 0.6 is 11.8 Å². The summed E-state index contributed by atoms with van der Waals surface area (Å²) in [5, 5.41) is 20.0. The summed E-state index contributed by atoms with van der Waals surface area (Å²) < 4.78 is 13.0. The summed E-state index contributed by atoms with van der Waals surface area (Å²) in [4.78, 5) is 16.6. The fraction of sp³-hybridized carbons (Fsp3) is 0.276. The van der Waals surface area contributed by atoms with Gasteiger partial charge in [-0.05, 0) is 28.8 Å². The molecule has 1 amide bonds. The molecule has 3 aromatic carbocycles. The number of nitrogens with one attached hydrogen (secondary N) is 2. The number of amides is 1. The number of hydrogen-bond acceptors (Lipinski definition) is 7. The van der Waals surface area contributed by atoms with Crippen molar-refractivity contribution in [3.05, 3.63) is 113 Å². The van der Waals surface area contributed by atoms with E-state index in [1.54, 1.807) is 23.9 Å². The van der Waals surface area contributed by atoms with Gasteiger partial charge in [-0.25, -0.2) is 4.98 Å². The van der Waals surface area contributed by atoms with E-state index in [1.807, 2.05) is 66.7 Å². The van der Waals surface area contributed by atoms with E-state index in [-0.39, 0.29) is 30.6 Å². The second-order valence-corrected chi connectivity index (χ2v) is 10.2. The van der Waals surface area contributed by atoms with Crippen LogP contribution in [0.15, 0.2) is 90.3 Å². The third-order valence-corrected chi connectivity index (χ3v) is 7.61. The molecule has 8 nitrogen and oxygen atoms in total. The largest absolute Gasteiger partial charge is 0.392 e.